The third-order valence-electron chi connectivity index (χ3n) is 3.63. The molecule has 3 rings (SSSR count). The Morgan fingerprint density at radius 2 is 2.29 bits per heavy atom. The van der Waals surface area contributed by atoms with Gasteiger partial charge in [-0.1, -0.05) is 11.2 Å². The molecule has 1 aromatic heterocycles. The average molecular weight is 289 g/mol. The van der Waals surface area contributed by atoms with Crippen LogP contribution in [0.5, 0.6) is 11.5 Å². The molecule has 1 aliphatic rings. The predicted molar refractivity (Wildman–Crippen MR) is 79.4 cm³/mol. The third kappa shape index (κ3) is 2.80. The van der Waals surface area contributed by atoms with Gasteiger partial charge in [-0.2, -0.15) is 0 Å². The van der Waals surface area contributed by atoms with Crippen molar-refractivity contribution >= 4 is 5.88 Å². The number of nitrogens with two attached hydrogens (primary N) is 1. The van der Waals surface area contributed by atoms with E-state index < -0.39 is 0 Å². The Bertz CT molecular complexity index is 626. The summed E-state index contributed by atoms with van der Waals surface area (Å²) >= 11 is 0. The molecule has 1 aliphatic heterocycles. The second-order valence-electron chi connectivity index (χ2n) is 5.24. The predicted octanol–water partition coefficient (Wildman–Crippen LogP) is 2.02. The number of nitrogens with zero attached hydrogens (tertiary/aromatic N) is 2. The van der Waals surface area contributed by atoms with E-state index in [-0.39, 0.29) is 12.0 Å². The summed E-state index contributed by atoms with van der Waals surface area (Å²) < 4.78 is 16.5. The fraction of sp³-hybridized carbons (Fsp3) is 0.400. The molecule has 1 unspecified atom stereocenters. The number of ether oxygens (including phenoxy) is 2. The third-order valence-corrected chi connectivity index (χ3v) is 3.63. The molecule has 2 aromatic rings. The molecule has 0 amide bonds. The molecule has 0 saturated carbocycles. The van der Waals surface area contributed by atoms with Crippen LogP contribution in [-0.2, 0) is 0 Å². The molecule has 1 atom stereocenters. The van der Waals surface area contributed by atoms with Crippen molar-refractivity contribution in [2.45, 2.75) is 12.5 Å². The Morgan fingerprint density at radius 3 is 2.90 bits per heavy atom. The van der Waals surface area contributed by atoms with Gasteiger partial charge in [0.1, 0.15) is 11.8 Å². The standard InChI is InChI=1S/C15H19N3O3/c1-18-7-6-10(9-18)20-13-5-3-4-11(15(13)19-2)12-8-14(16)21-17-12/h3-5,8,10H,6-7,9,16H2,1-2H3. The van der Waals surface area contributed by atoms with Crippen LogP contribution in [0.15, 0.2) is 28.8 Å². The number of hydrogen-bond donors (Lipinski definition) is 1. The molecule has 6 heteroatoms. The summed E-state index contributed by atoms with van der Waals surface area (Å²) in [6.07, 6.45) is 1.20. The van der Waals surface area contributed by atoms with E-state index in [2.05, 4.69) is 17.1 Å². The molecule has 1 aromatic carbocycles. The largest absolute Gasteiger partial charge is 0.492 e. The van der Waals surface area contributed by atoms with E-state index in [1.165, 1.54) is 0 Å². The second kappa shape index (κ2) is 5.65. The minimum absolute atomic E-state index is 0.182. The van der Waals surface area contributed by atoms with Crippen molar-refractivity contribution in [3.05, 3.63) is 24.3 Å². The van der Waals surface area contributed by atoms with Crippen LogP contribution in [-0.4, -0.2) is 43.4 Å². The van der Waals surface area contributed by atoms with Crippen molar-refractivity contribution in [2.24, 2.45) is 0 Å². The molecule has 112 valence electrons. The van der Waals surface area contributed by atoms with Gasteiger partial charge in [-0.15, -0.1) is 0 Å². The molecule has 6 nitrogen and oxygen atoms in total. The first-order chi connectivity index (χ1) is 10.2. The van der Waals surface area contributed by atoms with Crippen molar-refractivity contribution in [1.29, 1.82) is 0 Å². The van der Waals surface area contributed by atoms with Crippen molar-refractivity contribution < 1.29 is 14.0 Å². The molecule has 2 heterocycles. The molecule has 0 radical (unpaired) electrons. The quantitative estimate of drug-likeness (QED) is 0.928. The molecule has 2 N–H and O–H groups in total. The van der Waals surface area contributed by atoms with E-state index in [1.807, 2.05) is 18.2 Å². The normalized spacial score (nSPS) is 18.9. The van der Waals surface area contributed by atoms with Gasteiger partial charge in [0, 0.05) is 24.7 Å². The maximum atomic E-state index is 6.08. The summed E-state index contributed by atoms with van der Waals surface area (Å²) in [5.41, 5.74) is 7.03. The molecule has 1 fully saturated rings. The fourth-order valence-electron chi connectivity index (χ4n) is 2.61. The SMILES string of the molecule is COc1c(OC2CCN(C)C2)cccc1-c1cc(N)on1. The van der Waals surface area contributed by atoms with Gasteiger partial charge in [0.15, 0.2) is 11.5 Å². The van der Waals surface area contributed by atoms with Crippen LogP contribution in [0.1, 0.15) is 6.42 Å². The van der Waals surface area contributed by atoms with Crippen molar-refractivity contribution in [3.63, 3.8) is 0 Å². The summed E-state index contributed by atoms with van der Waals surface area (Å²) in [4.78, 5) is 2.25. The zero-order valence-electron chi connectivity index (χ0n) is 12.2. The van der Waals surface area contributed by atoms with Crippen LogP contribution < -0.4 is 15.2 Å². The lowest BCUT2D eigenvalue weighted by atomic mass is 10.1. The minimum atomic E-state index is 0.182. The lowest BCUT2D eigenvalue weighted by Crippen LogP contribution is -2.21. The number of hydrogen-bond acceptors (Lipinski definition) is 6. The number of likely N-dealkylation sites (tertiary alicyclic amines) is 1. The zero-order chi connectivity index (χ0) is 14.8. The van der Waals surface area contributed by atoms with E-state index in [0.29, 0.717) is 11.4 Å². The summed E-state index contributed by atoms with van der Waals surface area (Å²) in [6, 6.07) is 7.40. The molecule has 0 spiro atoms. The number of aromatic nitrogens is 1. The summed E-state index contributed by atoms with van der Waals surface area (Å²) in [7, 11) is 3.71. The number of anilines is 1. The van der Waals surface area contributed by atoms with Crippen LogP contribution >= 0.6 is 0 Å². The topological polar surface area (TPSA) is 73.8 Å². The Morgan fingerprint density at radius 1 is 1.43 bits per heavy atom. The van der Waals surface area contributed by atoms with Gasteiger partial charge in [-0.25, -0.2) is 0 Å². The molecule has 0 bridgehead atoms. The number of rotatable bonds is 4. The number of likely N-dealkylation sites (N-methyl/N-ethyl adjacent to an activating group) is 1. The van der Waals surface area contributed by atoms with Gasteiger partial charge in [0.25, 0.3) is 0 Å². The van der Waals surface area contributed by atoms with Gasteiger partial charge in [0.05, 0.1) is 7.11 Å². The number of para-hydroxylation sites is 1. The zero-order valence-corrected chi connectivity index (χ0v) is 12.2. The minimum Gasteiger partial charge on any atom is -0.492 e. The van der Waals surface area contributed by atoms with Gasteiger partial charge < -0.3 is 24.6 Å². The highest BCUT2D eigenvalue weighted by atomic mass is 16.5. The van der Waals surface area contributed by atoms with E-state index in [1.54, 1.807) is 13.2 Å². The average Bonchev–Trinajstić information content (AvgIpc) is 3.07. The first kappa shape index (κ1) is 13.8. The van der Waals surface area contributed by atoms with Crippen LogP contribution in [0.3, 0.4) is 0 Å². The summed E-state index contributed by atoms with van der Waals surface area (Å²) in [5.74, 6) is 1.65. The first-order valence-electron chi connectivity index (χ1n) is 6.92. The van der Waals surface area contributed by atoms with Crippen LogP contribution in [0.4, 0.5) is 5.88 Å². The highest BCUT2D eigenvalue weighted by molar-refractivity contribution is 5.72. The lowest BCUT2D eigenvalue weighted by molar-refractivity contribution is 0.200. The van der Waals surface area contributed by atoms with Gasteiger partial charge in [-0.05, 0) is 25.6 Å². The monoisotopic (exact) mass is 289 g/mol. The van der Waals surface area contributed by atoms with Crippen molar-refractivity contribution in [2.75, 3.05) is 33.0 Å². The van der Waals surface area contributed by atoms with Crippen LogP contribution in [0.2, 0.25) is 0 Å². The number of methoxy groups -OCH3 is 1. The molecule has 1 saturated heterocycles. The summed E-state index contributed by atoms with van der Waals surface area (Å²) in [6.45, 7) is 1.97. The fourth-order valence-corrected chi connectivity index (χ4v) is 2.61. The van der Waals surface area contributed by atoms with Gasteiger partial charge in [0.2, 0.25) is 5.88 Å². The maximum absolute atomic E-state index is 6.08. The first-order valence-corrected chi connectivity index (χ1v) is 6.92. The summed E-state index contributed by atoms with van der Waals surface area (Å²) in [5, 5.41) is 3.94. The van der Waals surface area contributed by atoms with E-state index >= 15 is 0 Å². The van der Waals surface area contributed by atoms with Gasteiger partial charge >= 0.3 is 0 Å². The highest BCUT2D eigenvalue weighted by Crippen LogP contribution is 2.38. The Hall–Kier alpha value is -2.21. The van der Waals surface area contributed by atoms with E-state index in [4.69, 9.17) is 19.7 Å². The lowest BCUT2D eigenvalue weighted by Gasteiger charge is -2.17. The molecular formula is C15H19N3O3. The second-order valence-corrected chi connectivity index (χ2v) is 5.24. The molecule has 0 aliphatic carbocycles. The Balaban J connectivity index is 1.90. The number of benzene rings is 1. The Labute approximate surface area is 123 Å². The smallest absolute Gasteiger partial charge is 0.222 e. The van der Waals surface area contributed by atoms with Crippen LogP contribution in [0.25, 0.3) is 11.3 Å². The van der Waals surface area contributed by atoms with Crippen molar-refractivity contribution in [3.8, 4) is 22.8 Å². The maximum Gasteiger partial charge on any atom is 0.222 e. The van der Waals surface area contributed by atoms with Gasteiger partial charge in [-0.3, -0.25) is 0 Å². The van der Waals surface area contributed by atoms with E-state index in [9.17, 15) is 0 Å². The van der Waals surface area contributed by atoms with Crippen LogP contribution in [0, 0.1) is 0 Å². The van der Waals surface area contributed by atoms with Crippen molar-refractivity contribution in [1.82, 2.24) is 10.1 Å². The highest BCUT2D eigenvalue weighted by Gasteiger charge is 2.23. The Kier molecular flexibility index (Phi) is 3.70. The molecular weight excluding hydrogens is 270 g/mol. The number of nitrogen functional groups attached to an aromatic ring is 1. The molecule has 21 heavy (non-hydrogen) atoms. The van der Waals surface area contributed by atoms with E-state index in [0.717, 1.165) is 30.8 Å².